The van der Waals surface area contributed by atoms with E-state index in [-0.39, 0.29) is 0 Å². The second kappa shape index (κ2) is 13.2. The van der Waals surface area contributed by atoms with E-state index in [0.717, 1.165) is 17.1 Å². The molecule has 1 nitrogen and oxygen atoms in total. The Bertz CT molecular complexity index is 2440. The van der Waals surface area contributed by atoms with E-state index in [1.165, 1.54) is 53.6 Å². The molecule has 0 N–H and O–H groups in total. The summed E-state index contributed by atoms with van der Waals surface area (Å²) < 4.78 is 2.60. The predicted octanol–water partition coefficient (Wildman–Crippen LogP) is 13.6. The van der Waals surface area contributed by atoms with Crippen molar-refractivity contribution in [3.8, 4) is 11.1 Å². The fourth-order valence-corrected chi connectivity index (χ4v) is 8.80. The molecule has 0 saturated carbocycles. The number of benzene rings is 8. The molecule has 0 atom stereocenters. The molecule has 0 aliphatic carbocycles. The third-order valence-electron chi connectivity index (χ3n) is 10.0. The third-order valence-corrected chi connectivity index (χ3v) is 11.2. The minimum Gasteiger partial charge on any atom is -0.310 e. The van der Waals surface area contributed by atoms with Crippen molar-refractivity contribution < 1.29 is 0 Å². The number of thiophene rings is 1. The first kappa shape index (κ1) is 30.8. The standard InChI is InChI=1S/C49H35NS/c1-5-15-36(16-6-1)37-25-29-42(30-26-37)50(44-33-34-46-45-23-13-14-24-47(45)51-48(46)35-44)43-31-27-41(28-32-43)49(38-17-7-2-8-18-38,39-19-9-3-10-20-39)40-21-11-4-12-22-40/h1-35H. The summed E-state index contributed by atoms with van der Waals surface area (Å²) >= 11 is 1.86. The van der Waals surface area contributed by atoms with Crippen molar-refractivity contribution in [2.24, 2.45) is 0 Å². The van der Waals surface area contributed by atoms with Crippen molar-refractivity contribution in [2.45, 2.75) is 5.41 Å². The largest absolute Gasteiger partial charge is 0.310 e. The number of hydrogen-bond acceptors (Lipinski definition) is 2. The Morgan fingerprint density at radius 1 is 0.314 bits per heavy atom. The molecule has 0 radical (unpaired) electrons. The van der Waals surface area contributed by atoms with Gasteiger partial charge in [-0.25, -0.2) is 0 Å². The molecule has 51 heavy (non-hydrogen) atoms. The van der Waals surface area contributed by atoms with Gasteiger partial charge in [-0.15, -0.1) is 11.3 Å². The highest BCUT2D eigenvalue weighted by Crippen LogP contribution is 2.47. The maximum atomic E-state index is 2.39. The minimum absolute atomic E-state index is 0.500. The van der Waals surface area contributed by atoms with E-state index in [0.29, 0.717) is 0 Å². The second-order valence-corrected chi connectivity index (χ2v) is 14.0. The summed E-state index contributed by atoms with van der Waals surface area (Å²) in [5.41, 5.74) is 10.2. The Balaban J connectivity index is 1.22. The molecule has 1 heterocycles. The maximum absolute atomic E-state index is 2.39. The van der Waals surface area contributed by atoms with Gasteiger partial charge in [-0.1, -0.05) is 170 Å². The van der Waals surface area contributed by atoms with Crippen molar-refractivity contribution in [2.75, 3.05) is 4.90 Å². The molecule has 9 rings (SSSR count). The Hall–Kier alpha value is -6.22. The summed E-state index contributed by atoms with van der Waals surface area (Å²) in [5, 5.41) is 2.61. The first-order chi connectivity index (χ1) is 25.3. The zero-order valence-corrected chi connectivity index (χ0v) is 28.9. The fraction of sp³-hybridized carbons (Fsp3) is 0.0204. The van der Waals surface area contributed by atoms with Crippen LogP contribution in [0.3, 0.4) is 0 Å². The Labute approximate surface area is 303 Å². The third kappa shape index (κ3) is 5.51. The molecule has 1 aromatic heterocycles. The molecule has 0 amide bonds. The molecule has 242 valence electrons. The maximum Gasteiger partial charge on any atom is 0.0701 e. The molecule has 0 unspecified atom stereocenters. The van der Waals surface area contributed by atoms with Crippen LogP contribution in [0.2, 0.25) is 0 Å². The lowest BCUT2D eigenvalue weighted by Crippen LogP contribution is -2.31. The molecule has 0 saturated heterocycles. The molecule has 0 aliphatic heterocycles. The van der Waals surface area contributed by atoms with Gasteiger partial charge in [-0.05, 0) is 75.8 Å². The number of anilines is 3. The Kier molecular flexibility index (Phi) is 8.00. The van der Waals surface area contributed by atoms with Crippen molar-refractivity contribution in [3.63, 3.8) is 0 Å². The summed E-state index contributed by atoms with van der Waals surface area (Å²) in [6.45, 7) is 0. The number of nitrogens with zero attached hydrogens (tertiary/aromatic N) is 1. The molecule has 0 spiro atoms. The van der Waals surface area contributed by atoms with Crippen molar-refractivity contribution in [1.82, 2.24) is 0 Å². The molecule has 2 heteroatoms. The van der Waals surface area contributed by atoms with Crippen LogP contribution in [0, 0.1) is 0 Å². The molecular weight excluding hydrogens is 635 g/mol. The summed E-state index contributed by atoms with van der Waals surface area (Å²) in [5.74, 6) is 0. The topological polar surface area (TPSA) is 3.24 Å². The van der Waals surface area contributed by atoms with E-state index < -0.39 is 5.41 Å². The van der Waals surface area contributed by atoms with Gasteiger partial charge in [-0.3, -0.25) is 0 Å². The number of fused-ring (bicyclic) bond motifs is 3. The Morgan fingerprint density at radius 3 is 1.29 bits per heavy atom. The van der Waals surface area contributed by atoms with Crippen molar-refractivity contribution in [1.29, 1.82) is 0 Å². The van der Waals surface area contributed by atoms with Crippen LogP contribution >= 0.6 is 11.3 Å². The van der Waals surface area contributed by atoms with E-state index in [2.05, 4.69) is 217 Å². The first-order valence-electron chi connectivity index (χ1n) is 17.4. The van der Waals surface area contributed by atoms with Gasteiger partial charge in [0.05, 0.1) is 5.41 Å². The van der Waals surface area contributed by atoms with Gasteiger partial charge in [-0.2, -0.15) is 0 Å². The van der Waals surface area contributed by atoms with Crippen LogP contribution < -0.4 is 4.90 Å². The highest BCUT2D eigenvalue weighted by Gasteiger charge is 2.38. The first-order valence-corrected chi connectivity index (χ1v) is 18.2. The molecule has 8 aromatic carbocycles. The Morgan fingerprint density at radius 2 is 0.725 bits per heavy atom. The van der Waals surface area contributed by atoms with E-state index in [1.807, 2.05) is 11.3 Å². The smallest absolute Gasteiger partial charge is 0.0701 e. The lowest BCUT2D eigenvalue weighted by molar-refractivity contribution is 0.745. The average Bonchev–Trinajstić information content (AvgIpc) is 3.59. The van der Waals surface area contributed by atoms with Crippen LogP contribution in [0.15, 0.2) is 212 Å². The van der Waals surface area contributed by atoms with Gasteiger partial charge in [0.25, 0.3) is 0 Å². The van der Waals surface area contributed by atoms with Gasteiger partial charge >= 0.3 is 0 Å². The highest BCUT2D eigenvalue weighted by atomic mass is 32.1. The van der Waals surface area contributed by atoms with Gasteiger partial charge in [0, 0.05) is 37.2 Å². The summed E-state index contributed by atoms with van der Waals surface area (Å²) in [7, 11) is 0. The number of hydrogen-bond donors (Lipinski definition) is 0. The van der Waals surface area contributed by atoms with Crippen molar-refractivity contribution >= 4 is 48.6 Å². The van der Waals surface area contributed by atoms with E-state index in [4.69, 9.17) is 0 Å². The van der Waals surface area contributed by atoms with E-state index >= 15 is 0 Å². The molecule has 0 fully saturated rings. The van der Waals surface area contributed by atoms with Crippen LogP contribution in [-0.4, -0.2) is 0 Å². The van der Waals surface area contributed by atoms with Gasteiger partial charge < -0.3 is 4.90 Å². The molecule has 0 aliphatic rings. The zero-order chi connectivity index (χ0) is 34.0. The minimum atomic E-state index is -0.500. The van der Waals surface area contributed by atoms with E-state index in [1.54, 1.807) is 0 Å². The second-order valence-electron chi connectivity index (χ2n) is 12.9. The average molecular weight is 670 g/mol. The van der Waals surface area contributed by atoms with E-state index in [9.17, 15) is 0 Å². The summed E-state index contributed by atoms with van der Waals surface area (Å²) in [4.78, 5) is 2.39. The van der Waals surface area contributed by atoms with Crippen molar-refractivity contribution in [3.05, 3.63) is 235 Å². The lowest BCUT2D eigenvalue weighted by atomic mass is 9.65. The molecule has 9 aromatic rings. The molecular formula is C49H35NS. The predicted molar refractivity (Wildman–Crippen MR) is 218 cm³/mol. The monoisotopic (exact) mass is 669 g/mol. The van der Waals surface area contributed by atoms with Gasteiger partial charge in [0.15, 0.2) is 0 Å². The summed E-state index contributed by atoms with van der Waals surface area (Å²) in [6, 6.07) is 77.1. The van der Waals surface area contributed by atoms with Gasteiger partial charge in [0.2, 0.25) is 0 Å². The zero-order valence-electron chi connectivity index (χ0n) is 28.1. The van der Waals surface area contributed by atoms with Crippen LogP contribution in [0.25, 0.3) is 31.3 Å². The quantitative estimate of drug-likeness (QED) is 0.146. The van der Waals surface area contributed by atoms with Crippen LogP contribution in [0.1, 0.15) is 22.3 Å². The highest BCUT2D eigenvalue weighted by molar-refractivity contribution is 7.25. The lowest BCUT2D eigenvalue weighted by Gasteiger charge is -2.37. The summed E-state index contributed by atoms with van der Waals surface area (Å²) in [6.07, 6.45) is 0. The van der Waals surface area contributed by atoms with Crippen LogP contribution in [-0.2, 0) is 5.41 Å². The van der Waals surface area contributed by atoms with Crippen LogP contribution in [0.4, 0.5) is 17.1 Å². The van der Waals surface area contributed by atoms with Gasteiger partial charge in [0.1, 0.15) is 0 Å². The molecule has 0 bridgehead atoms. The fourth-order valence-electron chi connectivity index (χ4n) is 7.66. The SMILES string of the molecule is c1ccc(-c2ccc(N(c3ccc(C(c4ccccc4)(c4ccccc4)c4ccccc4)cc3)c3ccc4c(c3)sc3ccccc34)cc2)cc1. The number of rotatable bonds is 8. The normalized spacial score (nSPS) is 11.5. The van der Waals surface area contributed by atoms with Crippen LogP contribution in [0.5, 0.6) is 0 Å².